The molecule has 4 aliphatic carbocycles. The number of hydrogen-bond donors (Lipinski definition) is 0. The van der Waals surface area contributed by atoms with Gasteiger partial charge < -0.3 is 0 Å². The van der Waals surface area contributed by atoms with Gasteiger partial charge in [-0.15, -0.1) is 0 Å². The first kappa shape index (κ1) is 85.4. The molecule has 2 aromatic heterocycles. The number of carbonyl (C=O) groups is 4. The van der Waals surface area contributed by atoms with Crippen LogP contribution in [0.2, 0.25) is 0 Å². The Kier molecular flexibility index (Phi) is 24.4. The minimum atomic E-state index is -0.343. The monoisotopic (exact) mass is 1640 g/mol. The first-order valence-electron chi connectivity index (χ1n) is 39.9. The molecular formula is C106H116O6Se2. The molecule has 0 aliphatic heterocycles. The fourth-order valence-electron chi connectivity index (χ4n) is 15.0. The number of Topliss-reactive ketones (excluding diaryl/α,β-unsaturated/α-hetero) is 4. The topological polar surface area (TPSA) is 86.7 Å². The summed E-state index contributed by atoms with van der Waals surface area (Å²) in [6.45, 7) is 51.1. The molecule has 0 unspecified atom stereocenters. The van der Waals surface area contributed by atoms with Crippen LogP contribution in [0.15, 0.2) is 297 Å². The second kappa shape index (κ2) is 32.6. The van der Waals surface area contributed by atoms with Gasteiger partial charge in [-0.2, -0.15) is 0 Å². The van der Waals surface area contributed by atoms with Crippen LogP contribution in [0.3, 0.4) is 0 Å². The second-order valence-electron chi connectivity index (χ2n) is 38.8. The van der Waals surface area contributed by atoms with E-state index in [1.54, 1.807) is 14.2 Å². The minimum absolute atomic E-state index is 0.119. The first-order valence-corrected chi connectivity index (χ1v) is 43.3. The molecule has 12 rings (SSSR count). The second-order valence-corrected chi connectivity index (χ2v) is 43.3. The van der Waals surface area contributed by atoms with Crippen LogP contribution in [0.25, 0.3) is 44.5 Å². The number of rotatable bonds is 12. The molecule has 0 fully saturated rings. The maximum atomic E-state index is 14.2. The molecule has 0 saturated carbocycles. The van der Waals surface area contributed by atoms with Crippen molar-refractivity contribution in [1.29, 1.82) is 0 Å². The van der Waals surface area contributed by atoms with Crippen molar-refractivity contribution >= 4 is 74.4 Å². The average molecular weight is 1640 g/mol. The summed E-state index contributed by atoms with van der Waals surface area (Å²) in [4.78, 5) is 56.5. The van der Waals surface area contributed by atoms with Gasteiger partial charge in [0.05, 0.1) is 0 Å². The molecule has 6 nitrogen and oxygen atoms in total. The van der Waals surface area contributed by atoms with E-state index in [0.29, 0.717) is 0 Å². The van der Waals surface area contributed by atoms with Crippen molar-refractivity contribution in [3.05, 3.63) is 337 Å². The predicted molar refractivity (Wildman–Crippen MR) is 481 cm³/mol. The van der Waals surface area contributed by atoms with E-state index in [1.807, 2.05) is 36.4 Å². The Hall–Kier alpha value is -9.52. The van der Waals surface area contributed by atoms with E-state index in [2.05, 4.69) is 360 Å². The van der Waals surface area contributed by atoms with Crippen LogP contribution in [-0.4, -0.2) is 66.4 Å². The summed E-state index contributed by atoms with van der Waals surface area (Å²) in [5.41, 5.74) is 21.7. The van der Waals surface area contributed by atoms with Gasteiger partial charge in [0.2, 0.25) is 0 Å². The van der Waals surface area contributed by atoms with E-state index in [-0.39, 0.29) is 95.5 Å². The molecule has 588 valence electrons. The van der Waals surface area contributed by atoms with E-state index in [4.69, 9.17) is 9.47 Å². The molecule has 0 radical (unpaired) electrons. The van der Waals surface area contributed by atoms with Crippen LogP contribution in [0.1, 0.15) is 206 Å². The van der Waals surface area contributed by atoms with Gasteiger partial charge in [-0.3, -0.25) is 0 Å². The Morgan fingerprint density at radius 3 is 0.553 bits per heavy atom. The molecule has 6 aromatic carbocycles. The van der Waals surface area contributed by atoms with Crippen LogP contribution in [-0.2, 0) is 19.2 Å². The molecule has 0 bridgehead atoms. The molecule has 0 saturated heterocycles. The number of benzene rings is 6. The Labute approximate surface area is 693 Å². The van der Waals surface area contributed by atoms with Crippen LogP contribution in [0, 0.1) is 43.3 Å². The molecule has 0 amide bonds. The van der Waals surface area contributed by atoms with Crippen molar-refractivity contribution in [1.82, 2.24) is 0 Å². The van der Waals surface area contributed by atoms with Gasteiger partial charge in [0.25, 0.3) is 0 Å². The third-order valence-corrected chi connectivity index (χ3v) is 26.2. The van der Waals surface area contributed by atoms with Crippen molar-refractivity contribution in [3.63, 3.8) is 0 Å². The Bertz CT molecular complexity index is 4990. The molecular weight excluding hydrogens is 1530 g/mol. The molecule has 8 heteroatoms. The summed E-state index contributed by atoms with van der Waals surface area (Å²) in [6.07, 6.45) is 17.2. The molecule has 114 heavy (non-hydrogen) atoms. The zero-order valence-electron chi connectivity index (χ0n) is 72.2. The molecule has 0 N–H and O–H groups in total. The molecule has 8 aromatic rings. The number of ketones is 4. The number of methoxy groups -OCH3 is 2. The number of carbonyl (C=O) groups excluding carboxylic acids is 4. The Balaban J connectivity index is 0.000000227. The van der Waals surface area contributed by atoms with E-state index in [9.17, 15) is 19.2 Å². The van der Waals surface area contributed by atoms with Gasteiger partial charge in [0, 0.05) is 0 Å². The summed E-state index contributed by atoms with van der Waals surface area (Å²) in [5, 5.41) is 0. The van der Waals surface area contributed by atoms with Crippen LogP contribution in [0.5, 0.6) is 11.5 Å². The summed E-state index contributed by atoms with van der Waals surface area (Å²) >= 11 is -0.273. The van der Waals surface area contributed by atoms with Crippen molar-refractivity contribution < 1.29 is 28.7 Å². The zero-order chi connectivity index (χ0) is 83.3. The average Bonchev–Trinajstić information content (AvgIpc) is 1.13. The number of hydrogen-bond acceptors (Lipinski definition) is 6. The van der Waals surface area contributed by atoms with Crippen molar-refractivity contribution in [3.8, 4) is 33.8 Å². The SMILES string of the molecule is CC(C)(C)C1=CC(=C(c2ccc(-c3ccccc3)cc2)c2ccc(C(=C3C=C(C(C)(C)C)C(=O)C(C(C)(C)C)=C3)c3ccc(-c4ccccc4)cc3)[se]2)C=C(C(C)(C)C)C1=O.COc1ccc(C(=C2C=C(C(C)(C)C)C(=O)C(C(C)(C)C)=C2)c2ccc(C(=C3C=C(C(C)(C)C)C(=O)C(C(C)(C)C)=C3)c3ccc(OC)cc3)[se]2)cc1. The maximum absolute atomic E-state index is 14.2. The van der Waals surface area contributed by atoms with Gasteiger partial charge >= 0.3 is 698 Å². The standard InChI is InChI=1S/C58H60O2Se.C48H56O4Se/c1-55(2,3)45-33-43(34-46(53(45)59)56(4,5)6)51(41-27-23-39(24-28-41)37-19-15-13-16-20-37)49-31-32-50(61-49)52(42-29-25-40(26-30-42)38-21-17-14-18-22-38)44-35-47(57(7,8)9)54(60)48(36-44)58(10,11)12;1-45(2,3)35-25-31(26-36(43(35)49)46(4,5)6)41(29-15-19-33(51-13)20-16-29)39-23-24-40(53-39)42(30-17-21-34(52-14)22-18-30)32-27-37(47(7,8)9)44(50)38(28-32)48(10,11)12/h13-36H,1-12H3;15-28H,1-14H3. The Morgan fingerprint density at radius 1 is 0.219 bits per heavy atom. The first-order chi connectivity index (χ1) is 53.1. The van der Waals surface area contributed by atoms with Crippen LogP contribution < -0.4 is 9.47 Å². The van der Waals surface area contributed by atoms with Crippen molar-refractivity contribution in [2.24, 2.45) is 43.3 Å². The quantitative estimate of drug-likeness (QED) is 0.113. The fourth-order valence-corrected chi connectivity index (χ4v) is 20.0. The van der Waals surface area contributed by atoms with E-state index < -0.39 is 0 Å². The van der Waals surface area contributed by atoms with Gasteiger partial charge in [0.1, 0.15) is 0 Å². The normalized spacial score (nSPS) is 15.5. The molecule has 4 aliphatic rings. The van der Waals surface area contributed by atoms with Crippen molar-refractivity contribution in [2.75, 3.05) is 14.2 Å². The summed E-state index contributed by atoms with van der Waals surface area (Å²) in [6, 6.07) is 64.5. The summed E-state index contributed by atoms with van der Waals surface area (Å²) < 4.78 is 16.0. The third kappa shape index (κ3) is 18.9. The van der Waals surface area contributed by atoms with Crippen LogP contribution in [0.4, 0.5) is 0 Å². The zero-order valence-corrected chi connectivity index (χ0v) is 75.6. The molecule has 0 atom stereocenters. The third-order valence-electron chi connectivity index (χ3n) is 21.5. The van der Waals surface area contributed by atoms with Gasteiger partial charge in [0.15, 0.2) is 0 Å². The molecule has 0 spiro atoms. The molecule has 2 heterocycles. The summed E-state index contributed by atoms with van der Waals surface area (Å²) in [5.74, 6) is 2.09. The number of allylic oxidation sites excluding steroid dienone is 20. The summed E-state index contributed by atoms with van der Waals surface area (Å²) in [7, 11) is 3.37. The number of ether oxygens (including phenoxy) is 2. The predicted octanol–water partition coefficient (Wildman–Crippen LogP) is 26.2. The van der Waals surface area contributed by atoms with Gasteiger partial charge in [-0.25, -0.2) is 0 Å². The van der Waals surface area contributed by atoms with Crippen molar-refractivity contribution in [2.45, 2.75) is 166 Å². The van der Waals surface area contributed by atoms with Crippen LogP contribution >= 0.6 is 0 Å². The van der Waals surface area contributed by atoms with E-state index in [0.717, 1.165) is 134 Å². The fraction of sp³-hybridized carbons (Fsp3) is 0.321. The Morgan fingerprint density at radius 2 is 0.386 bits per heavy atom. The van der Waals surface area contributed by atoms with E-state index >= 15 is 0 Å². The van der Waals surface area contributed by atoms with E-state index in [1.165, 1.54) is 28.9 Å². The van der Waals surface area contributed by atoms with Gasteiger partial charge in [-0.1, -0.05) is 0 Å². The van der Waals surface area contributed by atoms with Gasteiger partial charge in [-0.05, 0) is 0 Å².